The molecular weight excluding hydrogens is 261 g/mol. The highest BCUT2D eigenvalue weighted by Gasteiger charge is 2.26. The van der Waals surface area contributed by atoms with Gasteiger partial charge < -0.3 is 9.47 Å². The summed E-state index contributed by atoms with van der Waals surface area (Å²) in [5.74, 6) is 0.538. The lowest BCUT2D eigenvalue weighted by Crippen LogP contribution is -2.10. The van der Waals surface area contributed by atoms with Gasteiger partial charge in [0.1, 0.15) is 0 Å². The molecule has 1 aromatic rings. The number of ether oxygens (including phenoxy) is 2. The fraction of sp³-hybridized carbons (Fsp3) is 0.462. The number of rotatable bonds is 6. The molecule has 0 heterocycles. The molecule has 0 spiro atoms. The zero-order valence-corrected chi connectivity index (χ0v) is 10.7. The number of hydrogen-bond donors (Lipinski definition) is 0. The molecule has 0 saturated heterocycles. The Bertz CT molecular complexity index is 441. The minimum atomic E-state index is -4.17. The maximum Gasteiger partial charge on any atom is 0.389 e. The summed E-state index contributed by atoms with van der Waals surface area (Å²) in [5, 5.41) is 0. The standard InChI is InChI=1S/C13H15F3O3/c1-9(17)10-4-5-11(12(8-10)18-2)19-7-3-6-13(14,15)16/h4-5,8H,3,6-7H2,1-2H3. The Morgan fingerprint density at radius 2 is 1.95 bits per heavy atom. The van der Waals surface area contributed by atoms with Crippen molar-refractivity contribution >= 4 is 5.78 Å². The van der Waals surface area contributed by atoms with Gasteiger partial charge in [-0.1, -0.05) is 0 Å². The lowest BCUT2D eigenvalue weighted by atomic mass is 10.1. The zero-order valence-electron chi connectivity index (χ0n) is 10.7. The minimum absolute atomic E-state index is 0.0602. The summed E-state index contributed by atoms with van der Waals surface area (Å²) in [6.07, 6.45) is -5.19. The van der Waals surface area contributed by atoms with Crippen molar-refractivity contribution in [3.63, 3.8) is 0 Å². The van der Waals surface area contributed by atoms with Crippen LogP contribution in [0.5, 0.6) is 11.5 Å². The Labute approximate surface area is 109 Å². The Balaban J connectivity index is 2.61. The van der Waals surface area contributed by atoms with E-state index in [2.05, 4.69) is 0 Å². The molecule has 0 radical (unpaired) electrons. The number of hydrogen-bond acceptors (Lipinski definition) is 3. The van der Waals surface area contributed by atoms with Crippen molar-refractivity contribution < 1.29 is 27.4 Å². The third kappa shape index (κ3) is 5.19. The third-order valence-corrected chi connectivity index (χ3v) is 2.43. The second-order valence-corrected chi connectivity index (χ2v) is 3.99. The lowest BCUT2D eigenvalue weighted by molar-refractivity contribution is -0.136. The van der Waals surface area contributed by atoms with Crippen LogP contribution in [0.1, 0.15) is 30.1 Å². The summed E-state index contributed by atoms with van der Waals surface area (Å²) >= 11 is 0. The number of alkyl halides is 3. The number of carbonyl (C=O) groups is 1. The van der Waals surface area contributed by atoms with Crippen molar-refractivity contribution in [1.82, 2.24) is 0 Å². The molecule has 0 atom stereocenters. The number of benzene rings is 1. The molecule has 106 valence electrons. The van der Waals surface area contributed by atoms with Crippen LogP contribution in [0.15, 0.2) is 18.2 Å². The van der Waals surface area contributed by atoms with E-state index in [1.165, 1.54) is 26.2 Å². The van der Waals surface area contributed by atoms with E-state index in [1.54, 1.807) is 6.07 Å². The number of carbonyl (C=O) groups excluding carboxylic acids is 1. The zero-order chi connectivity index (χ0) is 14.5. The molecule has 1 aromatic carbocycles. The van der Waals surface area contributed by atoms with Gasteiger partial charge in [-0.05, 0) is 31.5 Å². The molecule has 6 heteroatoms. The SMILES string of the molecule is COc1cc(C(C)=O)ccc1OCCCC(F)(F)F. The van der Waals surface area contributed by atoms with E-state index in [4.69, 9.17) is 9.47 Å². The first-order valence-electron chi connectivity index (χ1n) is 5.72. The van der Waals surface area contributed by atoms with Crippen LogP contribution in [-0.4, -0.2) is 25.7 Å². The fourth-order valence-electron chi connectivity index (χ4n) is 1.46. The smallest absolute Gasteiger partial charge is 0.389 e. The van der Waals surface area contributed by atoms with Crippen LogP contribution in [0.4, 0.5) is 13.2 Å². The molecule has 0 unspecified atom stereocenters. The van der Waals surface area contributed by atoms with Gasteiger partial charge in [-0.15, -0.1) is 0 Å². The molecule has 0 aliphatic rings. The van der Waals surface area contributed by atoms with Crippen LogP contribution < -0.4 is 9.47 Å². The van der Waals surface area contributed by atoms with Gasteiger partial charge >= 0.3 is 6.18 Å². The third-order valence-electron chi connectivity index (χ3n) is 2.43. The van der Waals surface area contributed by atoms with Crippen LogP contribution >= 0.6 is 0 Å². The number of methoxy groups -OCH3 is 1. The van der Waals surface area contributed by atoms with E-state index in [0.717, 1.165) is 0 Å². The van der Waals surface area contributed by atoms with Gasteiger partial charge in [-0.3, -0.25) is 4.79 Å². The van der Waals surface area contributed by atoms with Crippen molar-refractivity contribution in [1.29, 1.82) is 0 Å². The fourth-order valence-corrected chi connectivity index (χ4v) is 1.46. The van der Waals surface area contributed by atoms with Crippen molar-refractivity contribution in [3.8, 4) is 11.5 Å². The summed E-state index contributed by atoms with van der Waals surface area (Å²) in [7, 11) is 1.40. The van der Waals surface area contributed by atoms with Gasteiger partial charge in [0.2, 0.25) is 0 Å². The van der Waals surface area contributed by atoms with Crippen LogP contribution in [-0.2, 0) is 0 Å². The highest BCUT2D eigenvalue weighted by molar-refractivity contribution is 5.94. The average Bonchev–Trinajstić information content (AvgIpc) is 2.33. The Hall–Kier alpha value is -1.72. The molecule has 0 N–H and O–H groups in total. The van der Waals surface area contributed by atoms with Crippen molar-refractivity contribution in [2.45, 2.75) is 25.9 Å². The Kier molecular flexibility index (Phi) is 5.20. The van der Waals surface area contributed by atoms with Gasteiger partial charge in [0.25, 0.3) is 0 Å². The number of Topliss-reactive ketones (excluding diaryl/α,β-unsaturated/α-hetero) is 1. The monoisotopic (exact) mass is 276 g/mol. The molecular formula is C13H15F3O3. The summed E-state index contributed by atoms with van der Waals surface area (Å²) < 4.78 is 46.1. The topological polar surface area (TPSA) is 35.5 Å². The number of ketones is 1. The first-order chi connectivity index (χ1) is 8.83. The molecule has 0 amide bonds. The molecule has 0 fully saturated rings. The van der Waals surface area contributed by atoms with Crippen molar-refractivity contribution in [2.24, 2.45) is 0 Å². The predicted octanol–water partition coefficient (Wildman–Crippen LogP) is 3.62. The molecule has 3 nitrogen and oxygen atoms in total. The summed E-state index contributed by atoms with van der Waals surface area (Å²) in [5.41, 5.74) is 0.458. The minimum Gasteiger partial charge on any atom is -0.493 e. The summed E-state index contributed by atoms with van der Waals surface area (Å²) in [6.45, 7) is 1.36. The van der Waals surface area contributed by atoms with Gasteiger partial charge in [-0.25, -0.2) is 0 Å². The highest BCUT2D eigenvalue weighted by atomic mass is 19.4. The maximum atomic E-state index is 12.0. The van der Waals surface area contributed by atoms with Gasteiger partial charge in [0.05, 0.1) is 13.7 Å². The van der Waals surface area contributed by atoms with Crippen LogP contribution in [0.2, 0.25) is 0 Å². The molecule has 0 saturated carbocycles. The maximum absolute atomic E-state index is 12.0. The van der Waals surface area contributed by atoms with E-state index in [0.29, 0.717) is 17.1 Å². The molecule has 1 rings (SSSR count). The van der Waals surface area contributed by atoms with Crippen LogP contribution in [0.3, 0.4) is 0 Å². The molecule has 19 heavy (non-hydrogen) atoms. The van der Waals surface area contributed by atoms with E-state index >= 15 is 0 Å². The largest absolute Gasteiger partial charge is 0.493 e. The first-order valence-corrected chi connectivity index (χ1v) is 5.72. The van der Waals surface area contributed by atoms with E-state index < -0.39 is 12.6 Å². The molecule has 0 aliphatic heterocycles. The second-order valence-electron chi connectivity index (χ2n) is 3.99. The normalized spacial score (nSPS) is 11.2. The average molecular weight is 276 g/mol. The highest BCUT2D eigenvalue weighted by Crippen LogP contribution is 2.29. The van der Waals surface area contributed by atoms with Gasteiger partial charge in [0.15, 0.2) is 17.3 Å². The van der Waals surface area contributed by atoms with E-state index in [9.17, 15) is 18.0 Å². The molecule has 0 aliphatic carbocycles. The number of halogens is 3. The van der Waals surface area contributed by atoms with Crippen LogP contribution in [0.25, 0.3) is 0 Å². The van der Waals surface area contributed by atoms with Crippen LogP contribution in [0, 0.1) is 0 Å². The molecule has 0 bridgehead atoms. The summed E-state index contributed by atoms with van der Waals surface area (Å²) in [6, 6.07) is 4.56. The van der Waals surface area contributed by atoms with E-state index in [1.807, 2.05) is 0 Å². The van der Waals surface area contributed by atoms with E-state index in [-0.39, 0.29) is 18.8 Å². The Morgan fingerprint density at radius 1 is 1.26 bits per heavy atom. The first kappa shape index (κ1) is 15.3. The molecule has 0 aromatic heterocycles. The second kappa shape index (κ2) is 6.45. The van der Waals surface area contributed by atoms with Gasteiger partial charge in [0, 0.05) is 12.0 Å². The Morgan fingerprint density at radius 3 is 2.47 bits per heavy atom. The van der Waals surface area contributed by atoms with Crippen molar-refractivity contribution in [2.75, 3.05) is 13.7 Å². The summed E-state index contributed by atoms with van der Waals surface area (Å²) in [4.78, 5) is 11.2. The lowest BCUT2D eigenvalue weighted by Gasteiger charge is -2.12. The quantitative estimate of drug-likeness (QED) is 0.588. The van der Waals surface area contributed by atoms with Gasteiger partial charge in [-0.2, -0.15) is 13.2 Å². The van der Waals surface area contributed by atoms with Crippen molar-refractivity contribution in [3.05, 3.63) is 23.8 Å². The predicted molar refractivity (Wildman–Crippen MR) is 63.8 cm³/mol.